The molecular weight excluding hydrogens is 119 g/mol. The predicted octanol–water partition coefficient (Wildman–Crippen LogP) is 2.23. The molecule has 0 heterocycles. The van der Waals surface area contributed by atoms with Gasteiger partial charge in [-0.2, -0.15) is 0 Å². The highest BCUT2D eigenvalue weighted by atomic mass is 13.9. The summed E-state index contributed by atoms with van der Waals surface area (Å²) >= 11 is 0. The molecule has 0 nitrogen and oxygen atoms in total. The SMILES string of the molecule is Cc1cc(C)cc(C)c1.[B]. The fourth-order valence-electron chi connectivity index (χ4n) is 1.20. The van der Waals surface area contributed by atoms with Gasteiger partial charge in [-0.1, -0.05) is 34.9 Å². The fourth-order valence-corrected chi connectivity index (χ4v) is 1.20. The molecule has 10 heavy (non-hydrogen) atoms. The highest BCUT2D eigenvalue weighted by Gasteiger charge is 1.87. The molecule has 0 saturated carbocycles. The molecule has 0 aliphatic carbocycles. The monoisotopic (exact) mass is 131 g/mol. The van der Waals surface area contributed by atoms with Gasteiger partial charge in [0.05, 0.1) is 0 Å². The van der Waals surface area contributed by atoms with Crippen molar-refractivity contribution in [3.8, 4) is 0 Å². The van der Waals surface area contributed by atoms with E-state index in [0.29, 0.717) is 0 Å². The molecule has 0 spiro atoms. The Balaban J connectivity index is 0.000000810. The van der Waals surface area contributed by atoms with Crippen LogP contribution in [-0.2, 0) is 0 Å². The standard InChI is InChI=1S/C9H12.B/c1-7-4-8(2)6-9(3)5-7;/h4-6H,1-3H3;. The lowest BCUT2D eigenvalue weighted by Crippen LogP contribution is -1.78. The maximum Gasteiger partial charge on any atom is 0 e. The molecule has 0 atom stereocenters. The summed E-state index contributed by atoms with van der Waals surface area (Å²) in [5.41, 5.74) is 4.06. The minimum Gasteiger partial charge on any atom is -0.0564 e. The summed E-state index contributed by atoms with van der Waals surface area (Å²) in [6.07, 6.45) is 0. The number of benzene rings is 1. The molecule has 1 aromatic rings. The minimum atomic E-state index is 0. The van der Waals surface area contributed by atoms with Crippen LogP contribution in [0.5, 0.6) is 0 Å². The lowest BCUT2D eigenvalue weighted by Gasteiger charge is -1.96. The Morgan fingerprint density at radius 3 is 1.10 bits per heavy atom. The van der Waals surface area contributed by atoms with Gasteiger partial charge in [-0.05, 0) is 20.8 Å². The second kappa shape index (κ2) is 3.45. The Morgan fingerprint density at radius 2 is 0.900 bits per heavy atom. The smallest absolute Gasteiger partial charge is 0 e. The summed E-state index contributed by atoms with van der Waals surface area (Å²) in [5.74, 6) is 0. The molecule has 0 aliphatic rings. The van der Waals surface area contributed by atoms with E-state index in [4.69, 9.17) is 0 Å². The summed E-state index contributed by atoms with van der Waals surface area (Å²) in [5, 5.41) is 0. The first-order valence-corrected chi connectivity index (χ1v) is 3.23. The Hall–Kier alpha value is -0.715. The van der Waals surface area contributed by atoms with Crippen LogP contribution in [0.3, 0.4) is 0 Å². The van der Waals surface area contributed by atoms with Gasteiger partial charge in [-0.3, -0.25) is 0 Å². The van der Waals surface area contributed by atoms with Gasteiger partial charge in [0, 0.05) is 8.41 Å². The second-order valence-electron chi connectivity index (χ2n) is 2.67. The van der Waals surface area contributed by atoms with E-state index in [1.165, 1.54) is 16.7 Å². The number of hydrogen-bond donors (Lipinski definition) is 0. The van der Waals surface area contributed by atoms with Crippen LogP contribution in [0.4, 0.5) is 0 Å². The summed E-state index contributed by atoms with van der Waals surface area (Å²) in [7, 11) is 0. The van der Waals surface area contributed by atoms with Crippen LogP contribution in [0.15, 0.2) is 18.2 Å². The van der Waals surface area contributed by atoms with Crippen molar-refractivity contribution < 1.29 is 0 Å². The molecule has 0 aromatic heterocycles. The fraction of sp³-hybridized carbons (Fsp3) is 0.333. The first-order valence-electron chi connectivity index (χ1n) is 3.23. The van der Waals surface area contributed by atoms with E-state index < -0.39 is 0 Å². The number of aryl methyl sites for hydroxylation is 3. The molecule has 51 valence electrons. The molecule has 0 aliphatic heterocycles. The van der Waals surface area contributed by atoms with Crippen LogP contribution in [0.25, 0.3) is 0 Å². The van der Waals surface area contributed by atoms with E-state index in [1.54, 1.807) is 0 Å². The highest BCUT2D eigenvalue weighted by molar-refractivity contribution is 5.75. The molecular formula is C9H12B. The third-order valence-corrected chi connectivity index (χ3v) is 1.37. The molecule has 3 radical (unpaired) electrons. The summed E-state index contributed by atoms with van der Waals surface area (Å²) in [6, 6.07) is 6.56. The molecule has 0 fully saturated rings. The molecule has 1 heteroatoms. The zero-order valence-electron chi connectivity index (χ0n) is 6.81. The Labute approximate surface area is 64.8 Å². The Kier molecular flexibility index (Phi) is 3.21. The summed E-state index contributed by atoms with van der Waals surface area (Å²) in [4.78, 5) is 0. The van der Waals surface area contributed by atoms with E-state index in [9.17, 15) is 0 Å². The molecule has 1 aromatic carbocycles. The third kappa shape index (κ3) is 2.26. The lowest BCUT2D eigenvalue weighted by molar-refractivity contribution is 1.32. The second-order valence-corrected chi connectivity index (χ2v) is 2.67. The molecule has 1 rings (SSSR count). The van der Waals surface area contributed by atoms with Crippen molar-refractivity contribution in [3.63, 3.8) is 0 Å². The van der Waals surface area contributed by atoms with Gasteiger partial charge in [0.15, 0.2) is 0 Å². The van der Waals surface area contributed by atoms with Crippen molar-refractivity contribution >= 4 is 8.41 Å². The van der Waals surface area contributed by atoms with E-state index >= 15 is 0 Å². The summed E-state index contributed by atoms with van der Waals surface area (Å²) in [6.45, 7) is 6.38. The average Bonchev–Trinajstić information content (AvgIpc) is 1.59. The Bertz CT molecular complexity index is 165. The van der Waals surface area contributed by atoms with Crippen LogP contribution in [0.2, 0.25) is 0 Å². The van der Waals surface area contributed by atoms with Gasteiger partial charge in [0.2, 0.25) is 0 Å². The largest absolute Gasteiger partial charge is 0.0564 e. The quantitative estimate of drug-likeness (QED) is 0.473. The van der Waals surface area contributed by atoms with E-state index in [0.717, 1.165) is 0 Å². The summed E-state index contributed by atoms with van der Waals surface area (Å²) < 4.78 is 0. The van der Waals surface area contributed by atoms with Crippen molar-refractivity contribution in [2.45, 2.75) is 20.8 Å². The van der Waals surface area contributed by atoms with E-state index in [2.05, 4.69) is 39.0 Å². The molecule has 0 N–H and O–H groups in total. The van der Waals surface area contributed by atoms with Gasteiger partial charge in [-0.15, -0.1) is 0 Å². The molecule has 0 unspecified atom stereocenters. The maximum absolute atomic E-state index is 2.19. The molecule has 0 amide bonds. The number of hydrogen-bond acceptors (Lipinski definition) is 0. The van der Waals surface area contributed by atoms with Crippen molar-refractivity contribution in [1.29, 1.82) is 0 Å². The zero-order valence-corrected chi connectivity index (χ0v) is 6.81. The average molecular weight is 131 g/mol. The normalized spacial score (nSPS) is 8.70. The van der Waals surface area contributed by atoms with Crippen LogP contribution in [0, 0.1) is 20.8 Å². The van der Waals surface area contributed by atoms with Crippen molar-refractivity contribution in [3.05, 3.63) is 34.9 Å². The maximum atomic E-state index is 2.19. The van der Waals surface area contributed by atoms with Gasteiger partial charge in [-0.25, -0.2) is 0 Å². The van der Waals surface area contributed by atoms with Crippen molar-refractivity contribution in [1.82, 2.24) is 0 Å². The zero-order chi connectivity index (χ0) is 6.85. The van der Waals surface area contributed by atoms with Crippen LogP contribution < -0.4 is 0 Å². The first kappa shape index (κ1) is 9.28. The van der Waals surface area contributed by atoms with Gasteiger partial charge >= 0.3 is 0 Å². The van der Waals surface area contributed by atoms with E-state index in [-0.39, 0.29) is 8.41 Å². The van der Waals surface area contributed by atoms with Crippen LogP contribution in [-0.4, -0.2) is 8.41 Å². The lowest BCUT2D eigenvalue weighted by atomic mass is 10.1. The molecule has 0 saturated heterocycles. The predicted molar refractivity (Wildman–Crippen MR) is 46.4 cm³/mol. The molecule has 0 bridgehead atoms. The van der Waals surface area contributed by atoms with Crippen molar-refractivity contribution in [2.75, 3.05) is 0 Å². The topological polar surface area (TPSA) is 0 Å². The van der Waals surface area contributed by atoms with Gasteiger partial charge < -0.3 is 0 Å². The van der Waals surface area contributed by atoms with Crippen molar-refractivity contribution in [2.24, 2.45) is 0 Å². The van der Waals surface area contributed by atoms with Crippen LogP contribution >= 0.6 is 0 Å². The van der Waals surface area contributed by atoms with Gasteiger partial charge in [0.1, 0.15) is 0 Å². The Morgan fingerprint density at radius 1 is 0.700 bits per heavy atom. The van der Waals surface area contributed by atoms with Gasteiger partial charge in [0.25, 0.3) is 0 Å². The van der Waals surface area contributed by atoms with E-state index in [1.807, 2.05) is 0 Å². The highest BCUT2D eigenvalue weighted by Crippen LogP contribution is 2.06. The van der Waals surface area contributed by atoms with Crippen LogP contribution in [0.1, 0.15) is 16.7 Å². The first-order chi connectivity index (χ1) is 4.18. The third-order valence-electron chi connectivity index (χ3n) is 1.37. The minimum absolute atomic E-state index is 0. The number of rotatable bonds is 0.